The average Bonchev–Trinajstić information content (AvgIpc) is 2.84. The van der Waals surface area contributed by atoms with E-state index in [-0.39, 0.29) is 0 Å². The predicted octanol–water partition coefficient (Wildman–Crippen LogP) is 6.10. The molecular weight excluding hydrogens is 377 g/mol. The number of benzene rings is 1. The maximum atomic E-state index is 6.08. The first-order valence-corrected chi connectivity index (χ1v) is 8.89. The Morgan fingerprint density at radius 2 is 2.00 bits per heavy atom. The molecule has 0 aliphatic carbocycles. The van der Waals surface area contributed by atoms with Crippen LogP contribution in [0.3, 0.4) is 0 Å². The van der Waals surface area contributed by atoms with Crippen LogP contribution in [0, 0.1) is 0 Å². The van der Waals surface area contributed by atoms with Crippen LogP contribution >= 0.6 is 50.5 Å². The number of halogens is 3. The molecule has 20 heavy (non-hydrogen) atoms. The van der Waals surface area contributed by atoms with Gasteiger partial charge >= 0.3 is 0 Å². The minimum Gasteiger partial charge on any atom is -0.310 e. The fourth-order valence-corrected chi connectivity index (χ4v) is 3.87. The Labute approximate surface area is 142 Å². The number of rotatable bonds is 6. The SMILES string of the molecule is CCC(NCCc1ccc(Br)s1)c1ccc(Cl)c(Cl)c1. The van der Waals surface area contributed by atoms with Gasteiger partial charge in [0.05, 0.1) is 13.8 Å². The third-order valence-corrected chi connectivity index (χ3v) is 5.57. The normalized spacial score (nSPS) is 12.6. The molecule has 1 heterocycles. The first kappa shape index (κ1) is 16.3. The minimum atomic E-state index is 0.313. The van der Waals surface area contributed by atoms with Crippen molar-refractivity contribution in [2.45, 2.75) is 25.8 Å². The fourth-order valence-electron chi connectivity index (χ4n) is 2.08. The summed E-state index contributed by atoms with van der Waals surface area (Å²) in [4.78, 5) is 1.38. The molecule has 0 amide bonds. The summed E-state index contributed by atoms with van der Waals surface area (Å²) < 4.78 is 1.18. The molecule has 1 aromatic heterocycles. The molecule has 2 aromatic rings. The maximum absolute atomic E-state index is 6.08. The van der Waals surface area contributed by atoms with E-state index in [9.17, 15) is 0 Å². The van der Waals surface area contributed by atoms with Gasteiger partial charge in [-0.15, -0.1) is 11.3 Å². The predicted molar refractivity (Wildman–Crippen MR) is 93.2 cm³/mol. The van der Waals surface area contributed by atoms with Crippen LogP contribution in [0.1, 0.15) is 29.8 Å². The molecule has 0 fully saturated rings. The molecule has 0 bridgehead atoms. The van der Waals surface area contributed by atoms with E-state index in [0.717, 1.165) is 19.4 Å². The lowest BCUT2D eigenvalue weighted by Gasteiger charge is -2.17. The largest absolute Gasteiger partial charge is 0.310 e. The molecule has 0 radical (unpaired) electrons. The molecule has 108 valence electrons. The van der Waals surface area contributed by atoms with Gasteiger partial charge in [0, 0.05) is 17.5 Å². The monoisotopic (exact) mass is 391 g/mol. The molecule has 1 aromatic carbocycles. The van der Waals surface area contributed by atoms with E-state index in [1.54, 1.807) is 11.3 Å². The van der Waals surface area contributed by atoms with E-state index in [2.05, 4.69) is 40.3 Å². The Kier molecular flexibility index (Phi) is 6.37. The van der Waals surface area contributed by atoms with Crippen molar-refractivity contribution in [3.63, 3.8) is 0 Å². The van der Waals surface area contributed by atoms with Gasteiger partial charge in [-0.2, -0.15) is 0 Å². The van der Waals surface area contributed by atoms with Crippen molar-refractivity contribution in [3.05, 3.63) is 54.6 Å². The lowest BCUT2D eigenvalue weighted by atomic mass is 10.0. The van der Waals surface area contributed by atoms with E-state index < -0.39 is 0 Å². The van der Waals surface area contributed by atoms with Gasteiger partial charge in [0.2, 0.25) is 0 Å². The smallest absolute Gasteiger partial charge is 0.0701 e. The topological polar surface area (TPSA) is 12.0 Å². The lowest BCUT2D eigenvalue weighted by molar-refractivity contribution is 0.524. The second-order valence-electron chi connectivity index (χ2n) is 4.54. The molecule has 0 spiro atoms. The van der Waals surface area contributed by atoms with Gasteiger partial charge in [0.15, 0.2) is 0 Å². The summed E-state index contributed by atoms with van der Waals surface area (Å²) in [5.74, 6) is 0. The Bertz CT molecular complexity index is 571. The van der Waals surface area contributed by atoms with Crippen LogP contribution in [-0.2, 0) is 6.42 Å². The number of nitrogens with one attached hydrogen (secondary N) is 1. The van der Waals surface area contributed by atoms with Crippen molar-refractivity contribution in [2.75, 3.05) is 6.54 Å². The van der Waals surface area contributed by atoms with Crippen LogP contribution in [0.5, 0.6) is 0 Å². The third-order valence-electron chi connectivity index (χ3n) is 3.15. The van der Waals surface area contributed by atoms with Gasteiger partial charge in [0.25, 0.3) is 0 Å². The van der Waals surface area contributed by atoms with Crippen LogP contribution in [0.15, 0.2) is 34.1 Å². The van der Waals surface area contributed by atoms with Gasteiger partial charge in [-0.25, -0.2) is 0 Å². The molecule has 0 saturated heterocycles. The first-order valence-electron chi connectivity index (χ1n) is 6.52. The van der Waals surface area contributed by atoms with E-state index >= 15 is 0 Å². The zero-order valence-corrected chi connectivity index (χ0v) is 15.0. The van der Waals surface area contributed by atoms with Crippen molar-refractivity contribution < 1.29 is 0 Å². The molecule has 2 rings (SSSR count). The molecule has 0 saturated carbocycles. The number of hydrogen-bond acceptors (Lipinski definition) is 2. The zero-order chi connectivity index (χ0) is 14.5. The Balaban J connectivity index is 1.93. The molecular formula is C15H16BrCl2NS. The summed E-state index contributed by atoms with van der Waals surface area (Å²) in [6.07, 6.45) is 2.06. The lowest BCUT2D eigenvalue weighted by Crippen LogP contribution is -2.23. The highest BCUT2D eigenvalue weighted by atomic mass is 79.9. The second-order valence-corrected chi connectivity index (χ2v) is 7.91. The molecule has 0 aliphatic rings. The Morgan fingerprint density at radius 1 is 1.20 bits per heavy atom. The summed E-state index contributed by atoms with van der Waals surface area (Å²) in [6, 6.07) is 10.4. The van der Waals surface area contributed by atoms with Crippen molar-refractivity contribution in [1.29, 1.82) is 0 Å². The van der Waals surface area contributed by atoms with Gasteiger partial charge in [0.1, 0.15) is 0 Å². The standard InChI is InChI=1S/C15H16BrCl2NS/c1-2-14(10-3-5-12(17)13(18)9-10)19-8-7-11-4-6-15(16)20-11/h3-6,9,14,19H,2,7-8H2,1H3. The first-order chi connectivity index (χ1) is 9.60. The van der Waals surface area contributed by atoms with Gasteiger partial charge in [-0.05, 0) is 58.6 Å². The van der Waals surface area contributed by atoms with Crippen LogP contribution in [0.25, 0.3) is 0 Å². The fraction of sp³-hybridized carbons (Fsp3) is 0.333. The van der Waals surface area contributed by atoms with E-state index in [0.29, 0.717) is 16.1 Å². The van der Waals surface area contributed by atoms with Crippen LogP contribution in [0.4, 0.5) is 0 Å². The molecule has 5 heteroatoms. The van der Waals surface area contributed by atoms with Crippen molar-refractivity contribution in [1.82, 2.24) is 5.32 Å². The summed E-state index contributed by atoms with van der Waals surface area (Å²) in [5.41, 5.74) is 1.19. The molecule has 1 N–H and O–H groups in total. The maximum Gasteiger partial charge on any atom is 0.0701 e. The van der Waals surface area contributed by atoms with Crippen LogP contribution in [0.2, 0.25) is 10.0 Å². The van der Waals surface area contributed by atoms with E-state index in [4.69, 9.17) is 23.2 Å². The number of hydrogen-bond donors (Lipinski definition) is 1. The van der Waals surface area contributed by atoms with Crippen molar-refractivity contribution >= 4 is 50.5 Å². The molecule has 1 unspecified atom stereocenters. The minimum absolute atomic E-state index is 0.313. The highest BCUT2D eigenvalue weighted by Gasteiger charge is 2.10. The zero-order valence-electron chi connectivity index (χ0n) is 11.1. The van der Waals surface area contributed by atoms with Crippen molar-refractivity contribution in [3.8, 4) is 0 Å². The summed E-state index contributed by atoms with van der Waals surface area (Å²) in [5, 5.41) is 4.80. The molecule has 0 aliphatic heterocycles. The summed E-state index contributed by atoms with van der Waals surface area (Å²) in [7, 11) is 0. The molecule has 1 nitrogen and oxygen atoms in total. The van der Waals surface area contributed by atoms with E-state index in [1.165, 1.54) is 14.2 Å². The Morgan fingerprint density at radius 3 is 2.60 bits per heavy atom. The Hall–Kier alpha value is -0.0600. The van der Waals surface area contributed by atoms with E-state index in [1.807, 2.05) is 18.2 Å². The third kappa shape index (κ3) is 4.47. The quantitative estimate of drug-likeness (QED) is 0.625. The van der Waals surface area contributed by atoms with Gasteiger partial charge in [-0.3, -0.25) is 0 Å². The van der Waals surface area contributed by atoms with Crippen LogP contribution in [-0.4, -0.2) is 6.54 Å². The molecule has 1 atom stereocenters. The van der Waals surface area contributed by atoms with Gasteiger partial charge < -0.3 is 5.32 Å². The highest BCUT2D eigenvalue weighted by Crippen LogP contribution is 2.27. The highest BCUT2D eigenvalue weighted by molar-refractivity contribution is 9.11. The average molecular weight is 393 g/mol. The van der Waals surface area contributed by atoms with Crippen molar-refractivity contribution in [2.24, 2.45) is 0 Å². The van der Waals surface area contributed by atoms with Crippen LogP contribution < -0.4 is 5.32 Å². The van der Waals surface area contributed by atoms with Gasteiger partial charge in [-0.1, -0.05) is 36.2 Å². The summed E-state index contributed by atoms with van der Waals surface area (Å²) >= 11 is 17.3. The summed E-state index contributed by atoms with van der Waals surface area (Å²) in [6.45, 7) is 3.12. The second kappa shape index (κ2) is 7.81. The number of thiophene rings is 1.